The lowest BCUT2D eigenvalue weighted by Crippen LogP contribution is -2.20. The number of nitrogens with zero attached hydrogens (tertiary/aromatic N) is 1. The van der Waals surface area contributed by atoms with Crippen molar-refractivity contribution >= 4 is 45.9 Å². The summed E-state index contributed by atoms with van der Waals surface area (Å²) in [5.74, 6) is -0.915. The summed E-state index contributed by atoms with van der Waals surface area (Å²) in [5.41, 5.74) is 0.677. The molecule has 0 saturated heterocycles. The van der Waals surface area contributed by atoms with Crippen LogP contribution in [0.15, 0.2) is 24.3 Å². The molecule has 0 radical (unpaired) electrons. The second-order valence-electron chi connectivity index (χ2n) is 3.55. The third kappa shape index (κ3) is 4.18. The normalized spacial score (nSPS) is 11.9. The molecule has 0 spiro atoms. The number of carbonyl (C=O) groups is 1. The zero-order chi connectivity index (χ0) is 13.0. The topological polar surface area (TPSA) is 40.5 Å². The van der Waals surface area contributed by atoms with Gasteiger partial charge in [-0.1, -0.05) is 47.7 Å². The van der Waals surface area contributed by atoms with Crippen LogP contribution >= 0.6 is 35.6 Å². The Bertz CT molecular complexity index is 420. The Balaban J connectivity index is 2.90. The van der Waals surface area contributed by atoms with Gasteiger partial charge in [0.1, 0.15) is 9.57 Å². The van der Waals surface area contributed by atoms with Gasteiger partial charge in [0.25, 0.3) is 0 Å². The Morgan fingerprint density at radius 1 is 1.41 bits per heavy atom. The first-order chi connectivity index (χ1) is 7.91. The first-order valence-corrected chi connectivity index (χ1v) is 6.44. The fraction of sp³-hybridized carbons (Fsp3) is 0.273. The molecular weight excluding hydrogens is 278 g/mol. The number of halogens is 1. The minimum atomic E-state index is -0.915. The number of rotatable bonds is 3. The maximum atomic E-state index is 11.2. The molecule has 0 aliphatic rings. The van der Waals surface area contributed by atoms with E-state index < -0.39 is 11.2 Å². The average molecular weight is 290 g/mol. The van der Waals surface area contributed by atoms with Crippen molar-refractivity contribution in [1.29, 1.82) is 0 Å². The molecule has 17 heavy (non-hydrogen) atoms. The predicted octanol–water partition coefficient (Wildman–Crippen LogP) is 3.05. The third-order valence-corrected chi connectivity index (χ3v) is 4.16. The highest BCUT2D eigenvalue weighted by molar-refractivity contribution is 8.23. The van der Waals surface area contributed by atoms with Crippen molar-refractivity contribution in [1.82, 2.24) is 4.90 Å². The van der Waals surface area contributed by atoms with Gasteiger partial charge in [0.05, 0.1) is 0 Å². The summed E-state index contributed by atoms with van der Waals surface area (Å²) in [6.07, 6.45) is 0. The molecule has 0 aliphatic heterocycles. The van der Waals surface area contributed by atoms with E-state index >= 15 is 0 Å². The molecule has 0 bridgehead atoms. The van der Waals surface area contributed by atoms with Crippen LogP contribution < -0.4 is 0 Å². The molecule has 0 aromatic heterocycles. The Morgan fingerprint density at radius 3 is 2.35 bits per heavy atom. The standard InChI is InChI=1S/C11H12ClNO2S2/c1-13(2)11(16)17-9(10(14)15)7-3-5-8(12)6-4-7/h3-6,9H,1-2H3,(H,14,15). The van der Waals surface area contributed by atoms with Gasteiger partial charge in [0, 0.05) is 19.1 Å². The van der Waals surface area contributed by atoms with Crippen LogP contribution in [0.2, 0.25) is 5.02 Å². The predicted molar refractivity (Wildman–Crippen MR) is 75.7 cm³/mol. The molecule has 1 aromatic rings. The van der Waals surface area contributed by atoms with E-state index in [1.54, 1.807) is 43.3 Å². The molecule has 0 saturated carbocycles. The van der Waals surface area contributed by atoms with Crippen LogP contribution in [0.3, 0.4) is 0 Å². The average Bonchev–Trinajstić information content (AvgIpc) is 2.26. The molecule has 0 aliphatic carbocycles. The first kappa shape index (κ1) is 14.3. The molecule has 1 aromatic carbocycles. The van der Waals surface area contributed by atoms with Crippen molar-refractivity contribution in [2.75, 3.05) is 14.1 Å². The Hall–Kier alpha value is -0.780. The summed E-state index contributed by atoms with van der Waals surface area (Å²) >= 11 is 12.0. The molecule has 0 heterocycles. The first-order valence-electron chi connectivity index (χ1n) is 4.78. The van der Waals surface area contributed by atoms with E-state index in [9.17, 15) is 9.90 Å². The Morgan fingerprint density at radius 2 is 1.94 bits per heavy atom. The molecule has 6 heteroatoms. The molecular formula is C11H12ClNO2S2. The maximum Gasteiger partial charge on any atom is 0.321 e. The minimum absolute atomic E-state index is 0.535. The molecule has 92 valence electrons. The van der Waals surface area contributed by atoms with Crippen molar-refractivity contribution in [3.8, 4) is 0 Å². The summed E-state index contributed by atoms with van der Waals surface area (Å²) in [5, 5.41) is 9.07. The van der Waals surface area contributed by atoms with Gasteiger partial charge >= 0.3 is 5.97 Å². The van der Waals surface area contributed by atoms with E-state index in [1.807, 2.05) is 0 Å². The van der Waals surface area contributed by atoms with E-state index in [0.29, 0.717) is 14.9 Å². The summed E-state index contributed by atoms with van der Waals surface area (Å²) in [7, 11) is 3.58. The van der Waals surface area contributed by atoms with Crippen LogP contribution in [0.1, 0.15) is 10.8 Å². The van der Waals surface area contributed by atoms with Crippen LogP contribution in [-0.4, -0.2) is 34.4 Å². The summed E-state index contributed by atoms with van der Waals surface area (Å²) in [6, 6.07) is 6.75. The van der Waals surface area contributed by atoms with Crippen molar-refractivity contribution in [2.24, 2.45) is 0 Å². The van der Waals surface area contributed by atoms with Gasteiger partial charge in [-0.25, -0.2) is 0 Å². The highest BCUT2D eigenvalue weighted by Gasteiger charge is 2.23. The summed E-state index contributed by atoms with van der Waals surface area (Å²) in [4.78, 5) is 12.9. The number of carboxylic acid groups (broad SMARTS) is 1. The number of carboxylic acids is 1. The smallest absolute Gasteiger partial charge is 0.321 e. The van der Waals surface area contributed by atoms with Crippen LogP contribution in [0.25, 0.3) is 0 Å². The largest absolute Gasteiger partial charge is 0.480 e. The lowest BCUT2D eigenvalue weighted by Gasteiger charge is -2.17. The molecule has 0 fully saturated rings. The van der Waals surface area contributed by atoms with Gasteiger partial charge in [-0.2, -0.15) is 0 Å². The molecule has 3 nitrogen and oxygen atoms in total. The molecule has 1 N–H and O–H groups in total. The number of hydrogen-bond acceptors (Lipinski definition) is 3. The van der Waals surface area contributed by atoms with Crippen molar-refractivity contribution in [2.45, 2.75) is 5.25 Å². The monoisotopic (exact) mass is 289 g/mol. The van der Waals surface area contributed by atoms with Gasteiger partial charge in [0.2, 0.25) is 0 Å². The van der Waals surface area contributed by atoms with E-state index in [4.69, 9.17) is 23.8 Å². The Kier molecular flexibility index (Phi) is 5.24. The molecule has 1 rings (SSSR count). The van der Waals surface area contributed by atoms with Gasteiger partial charge in [-0.05, 0) is 17.7 Å². The third-order valence-electron chi connectivity index (χ3n) is 1.98. The van der Waals surface area contributed by atoms with Crippen molar-refractivity contribution < 1.29 is 9.90 Å². The lowest BCUT2D eigenvalue weighted by molar-refractivity contribution is -0.136. The molecule has 1 atom stereocenters. The van der Waals surface area contributed by atoms with Crippen molar-refractivity contribution in [3.63, 3.8) is 0 Å². The van der Waals surface area contributed by atoms with E-state index in [0.717, 1.165) is 11.8 Å². The second kappa shape index (κ2) is 6.23. The van der Waals surface area contributed by atoms with Crippen LogP contribution in [0.4, 0.5) is 0 Å². The quantitative estimate of drug-likeness (QED) is 0.866. The summed E-state index contributed by atoms with van der Waals surface area (Å²) < 4.78 is 0.535. The summed E-state index contributed by atoms with van der Waals surface area (Å²) in [6.45, 7) is 0. The SMILES string of the molecule is CN(C)C(=S)SC(C(=O)O)c1ccc(Cl)cc1. The minimum Gasteiger partial charge on any atom is -0.480 e. The molecule has 0 amide bonds. The number of benzene rings is 1. The molecule has 1 unspecified atom stereocenters. The lowest BCUT2D eigenvalue weighted by atomic mass is 10.1. The number of thiocarbonyl (C=S) groups is 1. The fourth-order valence-corrected chi connectivity index (χ4v) is 2.33. The number of thioether (sulfide) groups is 1. The zero-order valence-corrected chi connectivity index (χ0v) is 11.8. The van der Waals surface area contributed by atoms with E-state index in [2.05, 4.69) is 0 Å². The highest BCUT2D eigenvalue weighted by atomic mass is 35.5. The van der Waals surface area contributed by atoms with Crippen LogP contribution in [0.5, 0.6) is 0 Å². The van der Waals surface area contributed by atoms with Gasteiger partial charge < -0.3 is 10.0 Å². The zero-order valence-electron chi connectivity index (χ0n) is 9.38. The second-order valence-corrected chi connectivity index (χ2v) is 5.72. The van der Waals surface area contributed by atoms with Gasteiger partial charge in [0.15, 0.2) is 0 Å². The van der Waals surface area contributed by atoms with Gasteiger partial charge in [-0.15, -0.1) is 0 Å². The van der Waals surface area contributed by atoms with E-state index in [-0.39, 0.29) is 0 Å². The van der Waals surface area contributed by atoms with E-state index in [1.165, 1.54) is 0 Å². The van der Waals surface area contributed by atoms with Crippen LogP contribution in [0, 0.1) is 0 Å². The number of aliphatic carboxylic acids is 1. The highest BCUT2D eigenvalue weighted by Crippen LogP contribution is 2.31. The Labute approximate surface area is 115 Å². The van der Waals surface area contributed by atoms with Gasteiger partial charge in [-0.3, -0.25) is 4.79 Å². The number of hydrogen-bond donors (Lipinski definition) is 1. The fourth-order valence-electron chi connectivity index (χ4n) is 1.10. The van der Waals surface area contributed by atoms with Crippen LogP contribution in [-0.2, 0) is 4.79 Å². The van der Waals surface area contributed by atoms with Crippen molar-refractivity contribution in [3.05, 3.63) is 34.9 Å². The maximum absolute atomic E-state index is 11.2.